The number of nitrogens with zero attached hydrogens (tertiary/aromatic N) is 1. The summed E-state index contributed by atoms with van der Waals surface area (Å²) in [6, 6.07) is 6.51. The Morgan fingerprint density at radius 2 is 1.88 bits per heavy atom. The van der Waals surface area contributed by atoms with Crippen molar-refractivity contribution in [3.8, 4) is 0 Å². The van der Waals surface area contributed by atoms with Gasteiger partial charge in [-0.05, 0) is 43.4 Å². The van der Waals surface area contributed by atoms with Gasteiger partial charge in [-0.2, -0.15) is 0 Å². The van der Waals surface area contributed by atoms with E-state index in [1.54, 1.807) is 0 Å². The summed E-state index contributed by atoms with van der Waals surface area (Å²) in [5.41, 5.74) is 3.92. The SMILES string of the molecule is Cc1ccc(CC(=N)N2CCCC2)cc1C. The lowest BCUT2D eigenvalue weighted by Gasteiger charge is -2.18. The Kier molecular flexibility index (Phi) is 3.28. The highest BCUT2D eigenvalue weighted by molar-refractivity contribution is 5.81. The molecule has 0 amide bonds. The molecule has 0 unspecified atom stereocenters. The fourth-order valence-corrected chi connectivity index (χ4v) is 2.21. The molecule has 1 fully saturated rings. The molecule has 0 saturated carbocycles. The molecule has 0 atom stereocenters. The van der Waals surface area contributed by atoms with Gasteiger partial charge in [0.05, 0.1) is 0 Å². The van der Waals surface area contributed by atoms with Gasteiger partial charge in [0.1, 0.15) is 5.84 Å². The standard InChI is InChI=1S/C14H20N2/c1-11-5-6-13(9-12(11)2)10-14(15)16-7-3-4-8-16/h5-6,9,15H,3-4,7-8,10H2,1-2H3. The quantitative estimate of drug-likeness (QED) is 0.597. The van der Waals surface area contributed by atoms with Crippen LogP contribution in [-0.4, -0.2) is 23.8 Å². The molecule has 1 aliphatic rings. The molecule has 1 N–H and O–H groups in total. The maximum Gasteiger partial charge on any atom is 0.100 e. The monoisotopic (exact) mass is 216 g/mol. The van der Waals surface area contributed by atoms with Crippen LogP contribution in [0.2, 0.25) is 0 Å². The molecule has 1 aromatic rings. The third-order valence-electron chi connectivity index (χ3n) is 3.43. The number of hydrogen-bond acceptors (Lipinski definition) is 1. The fourth-order valence-electron chi connectivity index (χ4n) is 2.21. The number of amidine groups is 1. The van der Waals surface area contributed by atoms with Gasteiger partial charge in [0.15, 0.2) is 0 Å². The van der Waals surface area contributed by atoms with E-state index in [1.165, 1.54) is 29.5 Å². The number of rotatable bonds is 2. The van der Waals surface area contributed by atoms with Crippen LogP contribution in [0.5, 0.6) is 0 Å². The van der Waals surface area contributed by atoms with Crippen LogP contribution in [0.25, 0.3) is 0 Å². The fraction of sp³-hybridized carbons (Fsp3) is 0.500. The summed E-state index contributed by atoms with van der Waals surface area (Å²) in [5.74, 6) is 0.778. The Labute approximate surface area is 97.8 Å². The second-order valence-corrected chi connectivity index (χ2v) is 4.74. The predicted molar refractivity (Wildman–Crippen MR) is 68.2 cm³/mol. The van der Waals surface area contributed by atoms with Gasteiger partial charge in [0, 0.05) is 19.5 Å². The molecular weight excluding hydrogens is 196 g/mol. The van der Waals surface area contributed by atoms with E-state index in [4.69, 9.17) is 5.41 Å². The predicted octanol–water partition coefficient (Wildman–Crippen LogP) is 2.92. The van der Waals surface area contributed by atoms with Crippen LogP contribution in [0.4, 0.5) is 0 Å². The van der Waals surface area contributed by atoms with Gasteiger partial charge in [0.2, 0.25) is 0 Å². The molecule has 0 bridgehead atoms. The maximum absolute atomic E-state index is 8.07. The van der Waals surface area contributed by atoms with Crippen molar-refractivity contribution < 1.29 is 0 Å². The Morgan fingerprint density at radius 1 is 1.19 bits per heavy atom. The summed E-state index contributed by atoms with van der Waals surface area (Å²) in [6.07, 6.45) is 3.27. The third-order valence-corrected chi connectivity index (χ3v) is 3.43. The Balaban J connectivity index is 2.02. The molecule has 2 rings (SSSR count). The number of nitrogens with one attached hydrogen (secondary N) is 1. The summed E-state index contributed by atoms with van der Waals surface area (Å²) >= 11 is 0. The van der Waals surface area contributed by atoms with Gasteiger partial charge < -0.3 is 4.90 Å². The highest BCUT2D eigenvalue weighted by Gasteiger charge is 2.14. The topological polar surface area (TPSA) is 27.1 Å². The van der Waals surface area contributed by atoms with Gasteiger partial charge in [-0.3, -0.25) is 5.41 Å². The van der Waals surface area contributed by atoms with Crippen LogP contribution in [0, 0.1) is 19.3 Å². The van der Waals surface area contributed by atoms with E-state index in [9.17, 15) is 0 Å². The van der Waals surface area contributed by atoms with Gasteiger partial charge in [-0.25, -0.2) is 0 Å². The van der Waals surface area contributed by atoms with Crippen LogP contribution in [0.1, 0.15) is 29.5 Å². The Hall–Kier alpha value is -1.31. The first-order valence-corrected chi connectivity index (χ1v) is 6.05. The first kappa shape index (κ1) is 11.2. The lowest BCUT2D eigenvalue weighted by atomic mass is 10.0. The van der Waals surface area contributed by atoms with Crippen LogP contribution >= 0.6 is 0 Å². The summed E-state index contributed by atoms with van der Waals surface area (Å²) in [5, 5.41) is 8.07. The molecule has 0 aromatic heterocycles. The van der Waals surface area contributed by atoms with Gasteiger partial charge in [-0.15, -0.1) is 0 Å². The summed E-state index contributed by atoms with van der Waals surface area (Å²) in [6.45, 7) is 6.41. The molecule has 0 radical (unpaired) electrons. The smallest absolute Gasteiger partial charge is 0.100 e. The average molecular weight is 216 g/mol. The minimum absolute atomic E-state index is 0.778. The molecule has 1 aromatic carbocycles. The van der Waals surface area contributed by atoms with Gasteiger partial charge in [0.25, 0.3) is 0 Å². The first-order valence-electron chi connectivity index (χ1n) is 6.05. The largest absolute Gasteiger partial charge is 0.360 e. The van der Waals surface area contributed by atoms with Gasteiger partial charge >= 0.3 is 0 Å². The molecule has 2 heteroatoms. The minimum atomic E-state index is 0.778. The number of aryl methyl sites for hydroxylation is 2. The van der Waals surface area contributed by atoms with Crippen molar-refractivity contribution in [3.05, 3.63) is 34.9 Å². The first-order chi connectivity index (χ1) is 7.66. The highest BCUT2D eigenvalue weighted by atomic mass is 15.2. The molecule has 1 saturated heterocycles. The van der Waals surface area contributed by atoms with Crippen LogP contribution < -0.4 is 0 Å². The molecule has 2 nitrogen and oxygen atoms in total. The average Bonchev–Trinajstić information content (AvgIpc) is 2.77. The van der Waals surface area contributed by atoms with E-state index in [1.807, 2.05) is 0 Å². The number of hydrogen-bond donors (Lipinski definition) is 1. The highest BCUT2D eigenvalue weighted by Crippen LogP contribution is 2.14. The lowest BCUT2D eigenvalue weighted by molar-refractivity contribution is 0.506. The molecule has 0 spiro atoms. The van der Waals surface area contributed by atoms with Crippen molar-refractivity contribution in [1.29, 1.82) is 5.41 Å². The molecule has 16 heavy (non-hydrogen) atoms. The zero-order chi connectivity index (χ0) is 11.5. The number of likely N-dealkylation sites (tertiary alicyclic amines) is 1. The van der Waals surface area contributed by atoms with Crippen LogP contribution in [0.15, 0.2) is 18.2 Å². The van der Waals surface area contributed by atoms with Crippen molar-refractivity contribution in [1.82, 2.24) is 4.90 Å². The zero-order valence-electron chi connectivity index (χ0n) is 10.2. The molecule has 0 aliphatic carbocycles. The van der Waals surface area contributed by atoms with E-state index in [-0.39, 0.29) is 0 Å². The van der Waals surface area contributed by atoms with E-state index < -0.39 is 0 Å². The Morgan fingerprint density at radius 3 is 2.50 bits per heavy atom. The minimum Gasteiger partial charge on any atom is -0.360 e. The van der Waals surface area contributed by atoms with Gasteiger partial charge in [-0.1, -0.05) is 18.2 Å². The second-order valence-electron chi connectivity index (χ2n) is 4.74. The molecular formula is C14H20N2. The second kappa shape index (κ2) is 4.69. The van der Waals surface area contributed by atoms with Crippen molar-refractivity contribution in [2.45, 2.75) is 33.1 Å². The summed E-state index contributed by atoms with van der Waals surface area (Å²) in [4.78, 5) is 2.20. The van der Waals surface area contributed by atoms with E-state index in [0.29, 0.717) is 0 Å². The van der Waals surface area contributed by atoms with Crippen molar-refractivity contribution in [2.75, 3.05) is 13.1 Å². The summed E-state index contributed by atoms with van der Waals surface area (Å²) in [7, 11) is 0. The molecule has 1 aliphatic heterocycles. The number of benzene rings is 1. The third kappa shape index (κ3) is 2.43. The van der Waals surface area contributed by atoms with Crippen molar-refractivity contribution in [3.63, 3.8) is 0 Å². The van der Waals surface area contributed by atoms with Crippen molar-refractivity contribution >= 4 is 5.84 Å². The molecule has 86 valence electrons. The molecule has 1 heterocycles. The van der Waals surface area contributed by atoms with Crippen LogP contribution in [-0.2, 0) is 6.42 Å². The van der Waals surface area contributed by atoms with E-state index in [2.05, 4.69) is 36.9 Å². The van der Waals surface area contributed by atoms with E-state index in [0.717, 1.165) is 25.3 Å². The Bertz CT molecular complexity index is 390. The lowest BCUT2D eigenvalue weighted by Crippen LogP contribution is -2.28. The van der Waals surface area contributed by atoms with Crippen molar-refractivity contribution in [2.24, 2.45) is 0 Å². The maximum atomic E-state index is 8.07. The zero-order valence-corrected chi connectivity index (χ0v) is 10.2. The van der Waals surface area contributed by atoms with E-state index >= 15 is 0 Å². The van der Waals surface area contributed by atoms with Crippen LogP contribution in [0.3, 0.4) is 0 Å². The summed E-state index contributed by atoms with van der Waals surface area (Å²) < 4.78 is 0. The normalized spacial score (nSPS) is 15.5.